The second kappa shape index (κ2) is 5.20. The van der Waals surface area contributed by atoms with Crippen molar-refractivity contribution in [3.8, 4) is 11.5 Å². The lowest BCUT2D eigenvalue weighted by atomic mass is 10.1. The average Bonchev–Trinajstić information content (AvgIpc) is 2.90. The number of benzene rings is 2. The summed E-state index contributed by atoms with van der Waals surface area (Å²) in [5, 5.41) is 18.9. The summed E-state index contributed by atoms with van der Waals surface area (Å²) in [6, 6.07) is 9.74. The fourth-order valence-corrected chi connectivity index (χ4v) is 1.85. The highest BCUT2D eigenvalue weighted by atomic mass is 35.5. The van der Waals surface area contributed by atoms with E-state index in [0.29, 0.717) is 5.02 Å². The highest BCUT2D eigenvalue weighted by Gasteiger charge is 2.10. The lowest BCUT2D eigenvalue weighted by Crippen LogP contribution is -1.92. The molecule has 5 heteroatoms. The molecule has 0 aliphatic rings. The largest absolute Gasteiger partial charge is 0.507 e. The second-order valence-corrected chi connectivity index (χ2v) is 4.33. The highest BCUT2D eigenvalue weighted by molar-refractivity contribution is 6.34. The molecule has 0 atom stereocenters. The van der Waals surface area contributed by atoms with Crippen LogP contribution in [0, 0.1) is 0 Å². The van der Waals surface area contributed by atoms with E-state index in [4.69, 9.17) is 26.2 Å². The molecule has 2 N–H and O–H groups in total. The molecule has 2 heterocycles. The van der Waals surface area contributed by atoms with Gasteiger partial charge in [-0.2, -0.15) is 0 Å². The summed E-state index contributed by atoms with van der Waals surface area (Å²) in [6.45, 7) is 1.29. The fraction of sp³-hybridized carbons (Fsp3) is 0.0714. The number of furan rings is 2. The molecule has 3 rings (SSSR count). The van der Waals surface area contributed by atoms with E-state index in [0.717, 1.165) is 11.2 Å². The summed E-state index contributed by atoms with van der Waals surface area (Å²) in [7, 11) is 0. The van der Waals surface area contributed by atoms with Crippen LogP contribution in [0.1, 0.15) is 17.3 Å². The van der Waals surface area contributed by atoms with Crippen LogP contribution in [0.15, 0.2) is 40.8 Å². The number of halogens is 1. The van der Waals surface area contributed by atoms with Gasteiger partial charge >= 0.3 is 0 Å². The van der Waals surface area contributed by atoms with Gasteiger partial charge in [0.15, 0.2) is 5.78 Å². The van der Waals surface area contributed by atoms with E-state index < -0.39 is 0 Å². The van der Waals surface area contributed by atoms with Gasteiger partial charge in [-0.3, -0.25) is 4.79 Å². The van der Waals surface area contributed by atoms with E-state index >= 15 is 0 Å². The number of hydrogen-bond acceptors (Lipinski definition) is 4. The average molecular weight is 279 g/mol. The standard InChI is InChI=1S/C8H8O3.C6H3ClO/c1-5(9)8-6(10)3-2-4-7(8)11;7-5-3-4-1-2-6(5)8-4/h2-4,10-11H,1H3;1-3H. The molecule has 98 valence electrons. The number of carbonyl (C=O) groups excluding carboxylic acids is 1. The van der Waals surface area contributed by atoms with Gasteiger partial charge in [0, 0.05) is 6.07 Å². The van der Waals surface area contributed by atoms with Crippen molar-refractivity contribution in [3.63, 3.8) is 0 Å². The van der Waals surface area contributed by atoms with Crippen LogP contribution < -0.4 is 0 Å². The van der Waals surface area contributed by atoms with Crippen molar-refractivity contribution in [2.75, 3.05) is 0 Å². The zero-order valence-electron chi connectivity index (χ0n) is 10.1. The molecule has 2 bridgehead atoms. The molecule has 0 unspecified atom stereocenters. The second-order valence-electron chi connectivity index (χ2n) is 3.92. The monoisotopic (exact) mass is 278 g/mol. The maximum atomic E-state index is 10.8. The van der Waals surface area contributed by atoms with Crippen molar-refractivity contribution in [2.45, 2.75) is 6.92 Å². The number of ketones is 1. The van der Waals surface area contributed by atoms with Gasteiger partial charge in [0.05, 0.1) is 5.02 Å². The van der Waals surface area contributed by atoms with Crippen molar-refractivity contribution in [3.05, 3.63) is 47.0 Å². The number of hydrogen-bond donors (Lipinski definition) is 2. The molecule has 19 heavy (non-hydrogen) atoms. The van der Waals surface area contributed by atoms with E-state index in [1.54, 1.807) is 6.07 Å². The normalized spacial score (nSPS) is 10.2. The predicted octanol–water partition coefficient (Wildman–Crippen LogP) is 3.82. The van der Waals surface area contributed by atoms with Crippen molar-refractivity contribution in [2.24, 2.45) is 0 Å². The fourth-order valence-electron chi connectivity index (χ4n) is 1.64. The Morgan fingerprint density at radius 1 is 1.16 bits per heavy atom. The summed E-state index contributed by atoms with van der Waals surface area (Å²) in [6.07, 6.45) is 0. The smallest absolute Gasteiger partial charge is 0.167 e. The Labute approximate surface area is 114 Å². The third kappa shape index (κ3) is 2.80. The lowest BCUT2D eigenvalue weighted by molar-refractivity contribution is 0.101. The molecule has 0 aliphatic carbocycles. The van der Waals surface area contributed by atoms with E-state index in [9.17, 15) is 4.79 Å². The van der Waals surface area contributed by atoms with Gasteiger partial charge in [0.2, 0.25) is 0 Å². The molecule has 0 saturated carbocycles. The zero-order valence-corrected chi connectivity index (χ0v) is 10.8. The number of carbonyl (C=O) groups is 1. The lowest BCUT2D eigenvalue weighted by Gasteiger charge is -2.01. The van der Waals surface area contributed by atoms with Crippen LogP contribution in [0.25, 0.3) is 11.2 Å². The van der Waals surface area contributed by atoms with Gasteiger partial charge in [-0.05, 0) is 31.2 Å². The highest BCUT2D eigenvalue weighted by Crippen LogP contribution is 2.26. The third-order valence-electron chi connectivity index (χ3n) is 2.50. The van der Waals surface area contributed by atoms with Crippen LogP contribution in [0.3, 0.4) is 0 Å². The minimum atomic E-state index is -0.347. The van der Waals surface area contributed by atoms with E-state index in [1.165, 1.54) is 25.1 Å². The molecule has 2 aromatic heterocycles. The molecule has 0 spiro atoms. The van der Waals surface area contributed by atoms with Crippen molar-refractivity contribution in [1.82, 2.24) is 0 Å². The number of fused-ring (bicyclic) bond motifs is 2. The van der Waals surface area contributed by atoms with Gasteiger partial charge < -0.3 is 14.6 Å². The first-order valence-electron chi connectivity index (χ1n) is 5.48. The number of rotatable bonds is 1. The van der Waals surface area contributed by atoms with Crippen molar-refractivity contribution >= 4 is 28.6 Å². The Morgan fingerprint density at radius 2 is 1.79 bits per heavy atom. The molecule has 3 aromatic rings. The first-order chi connectivity index (χ1) is 8.99. The van der Waals surface area contributed by atoms with E-state index in [1.807, 2.05) is 12.1 Å². The third-order valence-corrected chi connectivity index (χ3v) is 2.80. The molecule has 0 aliphatic heterocycles. The summed E-state index contributed by atoms with van der Waals surface area (Å²) in [5.74, 6) is -0.712. The van der Waals surface area contributed by atoms with E-state index in [-0.39, 0.29) is 22.8 Å². The van der Waals surface area contributed by atoms with Crippen molar-refractivity contribution in [1.29, 1.82) is 0 Å². The van der Waals surface area contributed by atoms with Crippen molar-refractivity contribution < 1.29 is 19.4 Å². The summed E-state index contributed by atoms with van der Waals surface area (Å²) in [4.78, 5) is 10.8. The first kappa shape index (κ1) is 13.2. The quantitative estimate of drug-likeness (QED) is 0.664. The molecule has 1 aromatic carbocycles. The van der Waals surface area contributed by atoms with Crippen LogP contribution in [0.4, 0.5) is 0 Å². The summed E-state index contributed by atoms with van der Waals surface area (Å²) >= 11 is 5.64. The molecule has 0 saturated heterocycles. The number of Topliss-reactive ketones (excluding diaryl/α,β-unsaturated/α-hetero) is 1. The number of phenolic OH excluding ortho intramolecular Hbond substituents is 2. The van der Waals surface area contributed by atoms with Gasteiger partial charge in [0.25, 0.3) is 0 Å². The molecule has 0 radical (unpaired) electrons. The number of aromatic hydroxyl groups is 2. The Morgan fingerprint density at radius 3 is 2.05 bits per heavy atom. The first-order valence-corrected chi connectivity index (χ1v) is 5.86. The Bertz CT molecular complexity index is 682. The molecule has 4 nitrogen and oxygen atoms in total. The van der Waals surface area contributed by atoms with Crippen LogP contribution in [-0.4, -0.2) is 16.0 Å². The summed E-state index contributed by atoms with van der Waals surface area (Å²) < 4.78 is 5.08. The predicted molar refractivity (Wildman–Crippen MR) is 72.2 cm³/mol. The Kier molecular flexibility index (Phi) is 3.62. The van der Waals surface area contributed by atoms with Crippen LogP contribution >= 0.6 is 11.6 Å². The van der Waals surface area contributed by atoms with Crippen LogP contribution in [0.5, 0.6) is 11.5 Å². The molecule has 0 amide bonds. The maximum Gasteiger partial charge on any atom is 0.167 e. The Hall–Kier alpha value is -2.20. The molecular formula is C14H11ClO4. The topological polar surface area (TPSA) is 70.7 Å². The minimum Gasteiger partial charge on any atom is -0.507 e. The SMILES string of the molecule is CC(=O)c1c(O)cccc1O.Clc1cc2ccc1o2. The maximum absolute atomic E-state index is 10.8. The van der Waals surface area contributed by atoms with E-state index in [2.05, 4.69) is 0 Å². The molecule has 0 fully saturated rings. The van der Waals surface area contributed by atoms with Gasteiger partial charge in [0.1, 0.15) is 28.2 Å². The number of phenols is 2. The molecular weight excluding hydrogens is 268 g/mol. The van der Waals surface area contributed by atoms with Gasteiger partial charge in [-0.25, -0.2) is 0 Å². The minimum absolute atomic E-state index is 0.0208. The van der Waals surface area contributed by atoms with Crippen LogP contribution in [-0.2, 0) is 0 Å². The van der Waals surface area contributed by atoms with Crippen LogP contribution in [0.2, 0.25) is 5.02 Å². The summed E-state index contributed by atoms with van der Waals surface area (Å²) in [5.41, 5.74) is 1.61. The van der Waals surface area contributed by atoms with Gasteiger partial charge in [-0.15, -0.1) is 0 Å². The van der Waals surface area contributed by atoms with Gasteiger partial charge in [-0.1, -0.05) is 17.7 Å². The zero-order chi connectivity index (χ0) is 14.0. The Balaban J connectivity index is 0.000000146.